The topological polar surface area (TPSA) is 56.3 Å². The van der Waals surface area contributed by atoms with Crippen molar-refractivity contribution >= 4 is 17.5 Å². The van der Waals surface area contributed by atoms with Crippen molar-refractivity contribution in [2.75, 3.05) is 51.8 Å². The summed E-state index contributed by atoms with van der Waals surface area (Å²) in [5.74, 6) is 1.23. The highest BCUT2D eigenvalue weighted by atomic mass is 16.5. The number of nitrogens with zero attached hydrogens (tertiary/aromatic N) is 4. The fourth-order valence-electron chi connectivity index (χ4n) is 6.32. The van der Waals surface area contributed by atoms with Crippen molar-refractivity contribution in [2.45, 2.75) is 38.3 Å². The van der Waals surface area contributed by atoms with Gasteiger partial charge in [-0.15, -0.1) is 0 Å². The Kier molecular flexibility index (Phi) is 7.34. The van der Waals surface area contributed by atoms with E-state index >= 15 is 0 Å². The smallest absolute Gasteiger partial charge is 0.258 e. The van der Waals surface area contributed by atoms with Crippen molar-refractivity contribution in [1.29, 1.82) is 0 Å². The summed E-state index contributed by atoms with van der Waals surface area (Å²) in [5, 5.41) is 0. The van der Waals surface area contributed by atoms with Crippen LogP contribution in [0.15, 0.2) is 78.2 Å². The van der Waals surface area contributed by atoms with E-state index in [1.54, 1.807) is 0 Å². The number of ether oxygens (including phenoxy) is 1. The molecule has 2 fully saturated rings. The standard InChI is InChI=1S/C33H38N4O3/c1-23-20-27(36-14-5-7-32(36)38)12-13-28(23)24-8-10-25(11-9-24)33(39)37-15-4-6-26-21-31-30(22-29(26)37)35(18-19-40-31)17-16-34(2)3/h4,6,8-13,15,20-21,29-30H,5,7,14,16-19,22H2,1-3H3. The van der Waals surface area contributed by atoms with Crippen LogP contribution in [-0.2, 0) is 9.53 Å². The van der Waals surface area contributed by atoms with Gasteiger partial charge in [0, 0.05) is 50.1 Å². The van der Waals surface area contributed by atoms with Gasteiger partial charge in [-0.2, -0.15) is 0 Å². The predicted octanol–water partition coefficient (Wildman–Crippen LogP) is 4.60. The molecule has 0 spiro atoms. The molecule has 3 aliphatic heterocycles. The van der Waals surface area contributed by atoms with Crippen molar-refractivity contribution < 1.29 is 14.3 Å². The number of fused-ring (bicyclic) bond motifs is 2. The maximum atomic E-state index is 13.8. The van der Waals surface area contributed by atoms with Crippen molar-refractivity contribution in [1.82, 2.24) is 14.7 Å². The molecule has 208 valence electrons. The minimum absolute atomic E-state index is 0.00596. The van der Waals surface area contributed by atoms with Crippen LogP contribution < -0.4 is 4.90 Å². The minimum atomic E-state index is -0.0161. The maximum absolute atomic E-state index is 13.8. The molecule has 2 amide bonds. The van der Waals surface area contributed by atoms with Gasteiger partial charge in [0.2, 0.25) is 5.91 Å². The molecule has 0 N–H and O–H groups in total. The van der Waals surface area contributed by atoms with Gasteiger partial charge in [-0.3, -0.25) is 14.5 Å². The molecule has 6 rings (SSSR count). The zero-order valence-electron chi connectivity index (χ0n) is 23.7. The number of hydrogen-bond acceptors (Lipinski definition) is 5. The number of aryl methyl sites for hydroxylation is 1. The first-order valence-corrected chi connectivity index (χ1v) is 14.3. The summed E-state index contributed by atoms with van der Waals surface area (Å²) in [6.45, 7) is 6.44. The molecule has 0 radical (unpaired) electrons. The van der Waals surface area contributed by atoms with E-state index in [4.69, 9.17) is 4.74 Å². The lowest BCUT2D eigenvalue weighted by atomic mass is 9.86. The van der Waals surface area contributed by atoms with Gasteiger partial charge in [0.25, 0.3) is 5.91 Å². The Bertz CT molecular complexity index is 1390. The van der Waals surface area contributed by atoms with Crippen LogP contribution in [0.25, 0.3) is 11.1 Å². The van der Waals surface area contributed by atoms with E-state index in [0.29, 0.717) is 18.6 Å². The van der Waals surface area contributed by atoms with E-state index in [2.05, 4.69) is 55.1 Å². The normalized spacial score (nSPS) is 22.6. The molecule has 2 aromatic rings. The third-order valence-corrected chi connectivity index (χ3v) is 8.53. The number of likely N-dealkylation sites (N-methyl/N-ethyl adjacent to an activating group) is 1. The third-order valence-electron chi connectivity index (χ3n) is 8.53. The Balaban J connectivity index is 1.19. The van der Waals surface area contributed by atoms with Crippen LogP contribution in [0.2, 0.25) is 0 Å². The summed E-state index contributed by atoms with van der Waals surface area (Å²) in [5.41, 5.74) is 6.04. The molecule has 4 aliphatic rings. The highest BCUT2D eigenvalue weighted by Gasteiger charge is 2.39. The van der Waals surface area contributed by atoms with Crippen LogP contribution in [-0.4, -0.2) is 85.5 Å². The number of amides is 2. The highest BCUT2D eigenvalue weighted by molar-refractivity contribution is 5.97. The van der Waals surface area contributed by atoms with Crippen LogP contribution in [0.3, 0.4) is 0 Å². The Morgan fingerprint density at radius 1 is 1.07 bits per heavy atom. The number of anilines is 1. The third kappa shape index (κ3) is 5.11. The van der Waals surface area contributed by atoms with Crippen molar-refractivity contribution in [3.8, 4) is 11.1 Å². The van der Waals surface area contributed by atoms with E-state index < -0.39 is 0 Å². The number of allylic oxidation sites excluding steroid dienone is 2. The van der Waals surface area contributed by atoms with E-state index in [-0.39, 0.29) is 23.9 Å². The molecular weight excluding hydrogens is 500 g/mol. The summed E-state index contributed by atoms with van der Waals surface area (Å²) in [6.07, 6.45) is 10.5. The molecular formula is C33H38N4O3. The first kappa shape index (κ1) is 26.5. The van der Waals surface area contributed by atoms with Crippen molar-refractivity contribution in [2.24, 2.45) is 0 Å². The molecule has 0 bridgehead atoms. The van der Waals surface area contributed by atoms with E-state index in [9.17, 15) is 9.59 Å². The predicted molar refractivity (Wildman–Crippen MR) is 158 cm³/mol. The molecule has 0 aromatic heterocycles. The molecule has 2 unspecified atom stereocenters. The van der Waals surface area contributed by atoms with Gasteiger partial charge in [-0.25, -0.2) is 0 Å². The molecule has 1 aliphatic carbocycles. The van der Waals surface area contributed by atoms with Gasteiger partial charge in [0.15, 0.2) is 0 Å². The van der Waals surface area contributed by atoms with Crippen LogP contribution in [0.5, 0.6) is 0 Å². The monoisotopic (exact) mass is 538 g/mol. The lowest BCUT2D eigenvalue weighted by molar-refractivity contribution is -0.117. The highest BCUT2D eigenvalue weighted by Crippen LogP contribution is 2.36. The maximum Gasteiger partial charge on any atom is 0.258 e. The van der Waals surface area contributed by atoms with E-state index in [1.165, 1.54) is 0 Å². The fourth-order valence-corrected chi connectivity index (χ4v) is 6.32. The lowest BCUT2D eigenvalue weighted by Crippen LogP contribution is -2.52. The first-order chi connectivity index (χ1) is 19.4. The van der Waals surface area contributed by atoms with Crippen LogP contribution in [0, 0.1) is 6.92 Å². The number of benzene rings is 2. The number of rotatable bonds is 6. The average Bonchev–Trinajstić information content (AvgIpc) is 3.40. The Hall–Kier alpha value is -3.68. The first-order valence-electron chi connectivity index (χ1n) is 14.3. The quantitative estimate of drug-likeness (QED) is 0.538. The van der Waals surface area contributed by atoms with Crippen LogP contribution in [0.1, 0.15) is 35.2 Å². The van der Waals surface area contributed by atoms with Crippen LogP contribution in [0.4, 0.5) is 5.69 Å². The number of morpholine rings is 1. The Morgan fingerprint density at radius 2 is 1.90 bits per heavy atom. The summed E-state index contributed by atoms with van der Waals surface area (Å²) < 4.78 is 6.07. The second-order valence-electron chi connectivity index (χ2n) is 11.4. The van der Waals surface area contributed by atoms with E-state index in [0.717, 1.165) is 72.7 Å². The fraction of sp³-hybridized carbons (Fsp3) is 0.394. The molecule has 2 aromatic carbocycles. The molecule has 7 nitrogen and oxygen atoms in total. The van der Waals surface area contributed by atoms with Gasteiger partial charge < -0.3 is 19.4 Å². The molecule has 7 heteroatoms. The summed E-state index contributed by atoms with van der Waals surface area (Å²) >= 11 is 0. The Labute approximate surface area is 237 Å². The van der Waals surface area contributed by atoms with Crippen molar-refractivity contribution in [3.05, 3.63) is 89.4 Å². The van der Waals surface area contributed by atoms with Gasteiger partial charge >= 0.3 is 0 Å². The van der Waals surface area contributed by atoms with Gasteiger partial charge in [-0.1, -0.05) is 24.3 Å². The summed E-state index contributed by atoms with van der Waals surface area (Å²) in [6, 6.07) is 14.3. The SMILES string of the molecule is Cc1cc(N2CCCC2=O)ccc1-c1ccc(C(=O)N2C=CC=C3C=C4OCCN(CCN(C)C)C4CC32)cc1. The minimum Gasteiger partial charge on any atom is -0.495 e. The van der Waals surface area contributed by atoms with Crippen molar-refractivity contribution in [3.63, 3.8) is 0 Å². The molecule has 40 heavy (non-hydrogen) atoms. The Morgan fingerprint density at radius 3 is 2.62 bits per heavy atom. The zero-order valence-corrected chi connectivity index (χ0v) is 23.7. The largest absolute Gasteiger partial charge is 0.495 e. The lowest BCUT2D eigenvalue weighted by Gasteiger charge is -2.45. The summed E-state index contributed by atoms with van der Waals surface area (Å²) in [7, 11) is 4.20. The molecule has 3 heterocycles. The number of hydrogen-bond donors (Lipinski definition) is 0. The second kappa shape index (κ2) is 11.1. The average molecular weight is 539 g/mol. The zero-order chi connectivity index (χ0) is 27.8. The van der Waals surface area contributed by atoms with Gasteiger partial charge in [0.05, 0.1) is 12.1 Å². The second-order valence-corrected chi connectivity index (χ2v) is 11.4. The number of carbonyl (C=O) groups is 2. The molecule has 2 atom stereocenters. The molecule has 0 saturated carbocycles. The van der Waals surface area contributed by atoms with Gasteiger partial charge in [-0.05, 0) is 92.5 Å². The van der Waals surface area contributed by atoms with Crippen LogP contribution >= 0.6 is 0 Å². The van der Waals surface area contributed by atoms with Gasteiger partial charge in [0.1, 0.15) is 12.4 Å². The van der Waals surface area contributed by atoms with E-state index in [1.807, 2.05) is 52.4 Å². The molecule has 2 saturated heterocycles. The summed E-state index contributed by atoms with van der Waals surface area (Å²) in [4.78, 5) is 34.4. The number of carbonyl (C=O) groups excluding carboxylic acids is 2.